The van der Waals surface area contributed by atoms with Crippen LogP contribution in [0.2, 0.25) is 0 Å². The Labute approximate surface area is 69.6 Å². The SMILES string of the molecule is COC(=O)c1cc(CN)ncn1. The lowest BCUT2D eigenvalue weighted by atomic mass is 10.3. The molecule has 0 spiro atoms. The number of hydrogen-bond acceptors (Lipinski definition) is 5. The summed E-state index contributed by atoms with van der Waals surface area (Å²) in [6.45, 7) is 0.284. The van der Waals surface area contributed by atoms with Crippen molar-refractivity contribution in [2.45, 2.75) is 6.54 Å². The number of carbonyl (C=O) groups excluding carboxylic acids is 1. The maximum atomic E-state index is 10.9. The van der Waals surface area contributed by atoms with E-state index in [9.17, 15) is 4.79 Å². The number of methoxy groups -OCH3 is 1. The summed E-state index contributed by atoms with van der Waals surface area (Å²) in [7, 11) is 1.30. The molecule has 1 aromatic heterocycles. The molecule has 0 amide bonds. The minimum Gasteiger partial charge on any atom is -0.464 e. The highest BCUT2D eigenvalue weighted by Gasteiger charge is 2.06. The number of ether oxygens (including phenoxy) is 1. The van der Waals surface area contributed by atoms with E-state index in [2.05, 4.69) is 14.7 Å². The van der Waals surface area contributed by atoms with Crippen molar-refractivity contribution in [2.75, 3.05) is 7.11 Å². The van der Waals surface area contributed by atoms with Gasteiger partial charge in [-0.1, -0.05) is 0 Å². The fourth-order valence-corrected chi connectivity index (χ4v) is 0.725. The molecule has 0 radical (unpaired) electrons. The van der Waals surface area contributed by atoms with Crippen molar-refractivity contribution in [1.29, 1.82) is 0 Å². The van der Waals surface area contributed by atoms with Crippen LogP contribution in [0.4, 0.5) is 0 Å². The molecule has 1 rings (SSSR count). The highest BCUT2D eigenvalue weighted by Crippen LogP contribution is 1.98. The van der Waals surface area contributed by atoms with E-state index in [1.54, 1.807) is 0 Å². The molecule has 64 valence electrons. The van der Waals surface area contributed by atoms with Crippen molar-refractivity contribution in [1.82, 2.24) is 9.97 Å². The highest BCUT2D eigenvalue weighted by atomic mass is 16.5. The first-order chi connectivity index (χ1) is 5.77. The van der Waals surface area contributed by atoms with Gasteiger partial charge in [0.2, 0.25) is 0 Å². The van der Waals surface area contributed by atoms with Crippen molar-refractivity contribution in [2.24, 2.45) is 5.73 Å². The number of rotatable bonds is 2. The Morgan fingerprint density at radius 1 is 1.67 bits per heavy atom. The highest BCUT2D eigenvalue weighted by molar-refractivity contribution is 5.87. The third kappa shape index (κ3) is 1.76. The van der Waals surface area contributed by atoms with Gasteiger partial charge in [0.05, 0.1) is 12.8 Å². The molecule has 0 aliphatic carbocycles. The maximum absolute atomic E-state index is 10.9. The largest absolute Gasteiger partial charge is 0.464 e. The molecule has 2 N–H and O–H groups in total. The summed E-state index contributed by atoms with van der Waals surface area (Å²) >= 11 is 0. The molecule has 0 aliphatic rings. The summed E-state index contributed by atoms with van der Waals surface area (Å²) < 4.78 is 4.47. The van der Waals surface area contributed by atoms with Gasteiger partial charge < -0.3 is 10.5 Å². The van der Waals surface area contributed by atoms with Crippen LogP contribution in [0, 0.1) is 0 Å². The number of hydrogen-bond donors (Lipinski definition) is 1. The van der Waals surface area contributed by atoms with Gasteiger partial charge in [-0.05, 0) is 6.07 Å². The Balaban J connectivity index is 2.93. The summed E-state index contributed by atoms with van der Waals surface area (Å²) in [4.78, 5) is 18.5. The van der Waals surface area contributed by atoms with E-state index in [0.717, 1.165) is 0 Å². The standard InChI is InChI=1S/C7H9N3O2/c1-12-7(11)6-2-5(3-8)9-4-10-6/h2,4H,3,8H2,1H3. The smallest absolute Gasteiger partial charge is 0.356 e. The van der Waals surface area contributed by atoms with Crippen molar-refractivity contribution in [3.05, 3.63) is 23.8 Å². The predicted molar refractivity (Wildman–Crippen MR) is 41.3 cm³/mol. The number of nitrogens with two attached hydrogens (primary N) is 1. The van der Waals surface area contributed by atoms with Crippen LogP contribution < -0.4 is 5.73 Å². The lowest BCUT2D eigenvalue weighted by molar-refractivity contribution is 0.0593. The Bertz CT molecular complexity index is 288. The molecule has 0 saturated carbocycles. The topological polar surface area (TPSA) is 78.1 Å². The van der Waals surface area contributed by atoms with E-state index >= 15 is 0 Å². The van der Waals surface area contributed by atoms with Crippen LogP contribution in [0.15, 0.2) is 12.4 Å². The van der Waals surface area contributed by atoms with Crippen LogP contribution in [0.5, 0.6) is 0 Å². The van der Waals surface area contributed by atoms with E-state index in [0.29, 0.717) is 5.69 Å². The fraction of sp³-hybridized carbons (Fsp3) is 0.286. The van der Waals surface area contributed by atoms with Gasteiger partial charge in [0, 0.05) is 6.54 Å². The summed E-state index contributed by atoms with van der Waals surface area (Å²) in [5, 5.41) is 0. The molecule has 1 aromatic rings. The lowest BCUT2D eigenvalue weighted by Crippen LogP contribution is -2.07. The molecule has 0 fully saturated rings. The zero-order valence-electron chi connectivity index (χ0n) is 6.65. The zero-order chi connectivity index (χ0) is 8.97. The van der Waals surface area contributed by atoms with Crippen molar-refractivity contribution < 1.29 is 9.53 Å². The normalized spacial score (nSPS) is 9.50. The van der Waals surface area contributed by atoms with Crippen LogP contribution >= 0.6 is 0 Å². The predicted octanol–water partition coefficient (Wildman–Crippen LogP) is -0.278. The number of carbonyl (C=O) groups is 1. The van der Waals surface area contributed by atoms with Gasteiger partial charge in [-0.3, -0.25) is 0 Å². The van der Waals surface area contributed by atoms with Crippen LogP contribution in [-0.4, -0.2) is 23.0 Å². The van der Waals surface area contributed by atoms with Gasteiger partial charge in [-0.15, -0.1) is 0 Å². The van der Waals surface area contributed by atoms with Crippen LogP contribution in [0.25, 0.3) is 0 Å². The molecule has 0 saturated heterocycles. The first kappa shape index (κ1) is 8.61. The van der Waals surface area contributed by atoms with Gasteiger partial charge in [0.25, 0.3) is 0 Å². The molecule has 0 aliphatic heterocycles. The fourth-order valence-electron chi connectivity index (χ4n) is 0.725. The molecule has 0 aromatic carbocycles. The van der Waals surface area contributed by atoms with E-state index < -0.39 is 5.97 Å². The van der Waals surface area contributed by atoms with E-state index in [1.807, 2.05) is 0 Å². The molecular formula is C7H9N3O2. The van der Waals surface area contributed by atoms with Gasteiger partial charge in [-0.25, -0.2) is 14.8 Å². The second-order valence-electron chi connectivity index (χ2n) is 2.09. The zero-order valence-corrected chi connectivity index (χ0v) is 6.65. The molecule has 5 nitrogen and oxygen atoms in total. The Hall–Kier alpha value is -1.49. The van der Waals surface area contributed by atoms with Crippen LogP contribution in [-0.2, 0) is 11.3 Å². The summed E-state index contributed by atoms with van der Waals surface area (Å²) in [6, 6.07) is 1.51. The van der Waals surface area contributed by atoms with E-state index in [-0.39, 0.29) is 12.2 Å². The molecule has 0 unspecified atom stereocenters. The molecular weight excluding hydrogens is 158 g/mol. The molecule has 0 atom stereocenters. The lowest BCUT2D eigenvalue weighted by Gasteiger charge is -1.98. The van der Waals surface area contributed by atoms with Crippen molar-refractivity contribution in [3.63, 3.8) is 0 Å². The first-order valence-electron chi connectivity index (χ1n) is 3.37. The average Bonchev–Trinajstić information content (AvgIpc) is 2.17. The van der Waals surface area contributed by atoms with Crippen LogP contribution in [0.1, 0.15) is 16.2 Å². The third-order valence-corrected chi connectivity index (χ3v) is 1.33. The average molecular weight is 167 g/mol. The minimum absolute atomic E-state index is 0.230. The number of nitrogens with zero attached hydrogens (tertiary/aromatic N) is 2. The number of aromatic nitrogens is 2. The molecule has 1 heterocycles. The summed E-state index contributed by atoms with van der Waals surface area (Å²) in [6.07, 6.45) is 1.29. The molecule has 12 heavy (non-hydrogen) atoms. The monoisotopic (exact) mass is 167 g/mol. The van der Waals surface area contributed by atoms with Gasteiger partial charge >= 0.3 is 5.97 Å². The third-order valence-electron chi connectivity index (χ3n) is 1.33. The quantitative estimate of drug-likeness (QED) is 0.613. The van der Waals surface area contributed by atoms with Crippen molar-refractivity contribution in [3.8, 4) is 0 Å². The van der Waals surface area contributed by atoms with Crippen LogP contribution in [0.3, 0.4) is 0 Å². The van der Waals surface area contributed by atoms with E-state index in [1.165, 1.54) is 19.5 Å². The second kappa shape index (κ2) is 3.77. The van der Waals surface area contributed by atoms with Gasteiger partial charge in [0.1, 0.15) is 6.33 Å². The Morgan fingerprint density at radius 3 is 3.00 bits per heavy atom. The maximum Gasteiger partial charge on any atom is 0.356 e. The molecule has 0 bridgehead atoms. The first-order valence-corrected chi connectivity index (χ1v) is 3.37. The Morgan fingerprint density at radius 2 is 2.42 bits per heavy atom. The van der Waals surface area contributed by atoms with E-state index in [4.69, 9.17) is 5.73 Å². The van der Waals surface area contributed by atoms with Gasteiger partial charge in [-0.2, -0.15) is 0 Å². The summed E-state index contributed by atoms with van der Waals surface area (Å²) in [5.74, 6) is -0.480. The Kier molecular flexibility index (Phi) is 2.71. The second-order valence-corrected chi connectivity index (χ2v) is 2.09. The van der Waals surface area contributed by atoms with Crippen molar-refractivity contribution >= 4 is 5.97 Å². The van der Waals surface area contributed by atoms with Gasteiger partial charge in [0.15, 0.2) is 5.69 Å². The number of esters is 1. The minimum atomic E-state index is -0.480. The summed E-state index contributed by atoms with van der Waals surface area (Å²) in [5.41, 5.74) is 6.16. The molecule has 5 heteroatoms.